The average Bonchev–Trinajstić information content (AvgIpc) is 3.03. The Labute approximate surface area is 116 Å². The molecule has 1 heterocycles. The molecule has 0 aliphatic rings. The molecule has 2 aromatic carbocycles. The zero-order valence-electron chi connectivity index (χ0n) is 10.7. The average molecular weight is 260 g/mol. The van der Waals surface area contributed by atoms with Crippen LogP contribution >= 0.6 is 0 Å². The first-order valence-electron chi connectivity index (χ1n) is 6.29. The second kappa shape index (κ2) is 5.37. The molecule has 0 amide bonds. The van der Waals surface area contributed by atoms with E-state index in [1.807, 2.05) is 48.5 Å². The van der Waals surface area contributed by atoms with Crippen molar-refractivity contribution >= 4 is 0 Å². The first-order valence-corrected chi connectivity index (χ1v) is 6.29. The minimum atomic E-state index is -0.0491. The Hall–Kier alpha value is -2.93. The Morgan fingerprint density at radius 2 is 1.80 bits per heavy atom. The van der Waals surface area contributed by atoms with Crippen LogP contribution in [0, 0.1) is 11.3 Å². The number of hydrogen-bond acceptors (Lipinski definition) is 3. The van der Waals surface area contributed by atoms with E-state index >= 15 is 0 Å². The van der Waals surface area contributed by atoms with Crippen molar-refractivity contribution in [2.45, 2.75) is 5.92 Å². The molecule has 1 N–H and O–H groups in total. The molecule has 1 aromatic heterocycles. The molecule has 4 nitrogen and oxygen atoms in total. The maximum atomic E-state index is 9.06. The summed E-state index contributed by atoms with van der Waals surface area (Å²) in [5, 5.41) is 17.1. The van der Waals surface area contributed by atoms with Gasteiger partial charge in [0, 0.05) is 0 Å². The van der Waals surface area contributed by atoms with Crippen LogP contribution in [0.15, 0.2) is 60.9 Å². The quantitative estimate of drug-likeness (QED) is 0.787. The van der Waals surface area contributed by atoms with Crippen molar-refractivity contribution in [1.29, 1.82) is 5.26 Å². The van der Waals surface area contributed by atoms with Gasteiger partial charge in [0.25, 0.3) is 0 Å². The summed E-state index contributed by atoms with van der Waals surface area (Å²) < 4.78 is 0. The van der Waals surface area contributed by atoms with Crippen molar-refractivity contribution in [2.75, 3.05) is 0 Å². The minimum Gasteiger partial charge on any atom is -0.331 e. The van der Waals surface area contributed by atoms with Gasteiger partial charge in [-0.15, -0.1) is 10.2 Å². The van der Waals surface area contributed by atoms with Crippen LogP contribution in [0.3, 0.4) is 0 Å². The highest BCUT2D eigenvalue weighted by Gasteiger charge is 2.19. The third-order valence-corrected chi connectivity index (χ3v) is 3.19. The maximum Gasteiger partial charge on any atom is 0.142 e. The first kappa shape index (κ1) is 12.1. The van der Waals surface area contributed by atoms with Gasteiger partial charge >= 0.3 is 0 Å². The predicted molar refractivity (Wildman–Crippen MR) is 74.9 cm³/mol. The molecule has 1 atom stereocenters. The molecular weight excluding hydrogens is 248 g/mol. The molecule has 0 spiro atoms. The molecule has 0 fully saturated rings. The Balaban J connectivity index is 2.13. The normalized spacial score (nSPS) is 11.8. The largest absolute Gasteiger partial charge is 0.331 e. The number of nitrogens with zero attached hydrogens (tertiary/aromatic N) is 3. The second-order valence-electron chi connectivity index (χ2n) is 4.46. The third kappa shape index (κ3) is 2.29. The molecule has 0 radical (unpaired) electrons. The summed E-state index contributed by atoms with van der Waals surface area (Å²) in [7, 11) is 0. The fraction of sp³-hybridized carbons (Fsp3) is 0.0625. The van der Waals surface area contributed by atoms with Gasteiger partial charge in [-0.1, -0.05) is 42.5 Å². The van der Waals surface area contributed by atoms with E-state index in [1.165, 1.54) is 0 Å². The van der Waals surface area contributed by atoms with Gasteiger partial charge in [-0.05, 0) is 23.3 Å². The zero-order valence-corrected chi connectivity index (χ0v) is 10.7. The van der Waals surface area contributed by atoms with E-state index in [-0.39, 0.29) is 5.92 Å². The van der Waals surface area contributed by atoms with Gasteiger partial charge < -0.3 is 4.98 Å². The van der Waals surface area contributed by atoms with Crippen LogP contribution in [-0.4, -0.2) is 15.2 Å². The van der Waals surface area contributed by atoms with Crippen LogP contribution in [0.2, 0.25) is 0 Å². The molecule has 0 bridgehead atoms. The van der Waals surface area contributed by atoms with E-state index in [0.717, 1.165) is 17.0 Å². The lowest BCUT2D eigenvalue weighted by Crippen LogP contribution is -2.05. The molecule has 1 unspecified atom stereocenters. The molecule has 20 heavy (non-hydrogen) atoms. The molecule has 0 saturated carbocycles. The van der Waals surface area contributed by atoms with Crippen molar-refractivity contribution < 1.29 is 0 Å². The van der Waals surface area contributed by atoms with Crippen LogP contribution in [0.25, 0.3) is 0 Å². The predicted octanol–water partition coefficient (Wildman–Crippen LogP) is 2.86. The fourth-order valence-corrected chi connectivity index (χ4v) is 2.30. The van der Waals surface area contributed by atoms with Gasteiger partial charge in [0.1, 0.15) is 12.2 Å². The van der Waals surface area contributed by atoms with Gasteiger partial charge in [0.05, 0.1) is 17.6 Å². The molecule has 3 aromatic rings. The molecule has 4 heteroatoms. The molecule has 96 valence electrons. The monoisotopic (exact) mass is 260 g/mol. The number of aromatic nitrogens is 3. The number of benzene rings is 2. The number of nitriles is 1. The summed E-state index contributed by atoms with van der Waals surface area (Å²) in [6.45, 7) is 0. The van der Waals surface area contributed by atoms with Crippen molar-refractivity contribution in [3.63, 3.8) is 0 Å². The Morgan fingerprint density at radius 1 is 1.00 bits per heavy atom. The van der Waals surface area contributed by atoms with Crippen molar-refractivity contribution in [1.82, 2.24) is 15.2 Å². The van der Waals surface area contributed by atoms with E-state index in [0.29, 0.717) is 5.56 Å². The van der Waals surface area contributed by atoms with Crippen molar-refractivity contribution in [3.05, 3.63) is 83.4 Å². The van der Waals surface area contributed by atoms with E-state index in [9.17, 15) is 0 Å². The van der Waals surface area contributed by atoms with Crippen LogP contribution in [0.5, 0.6) is 0 Å². The summed E-state index contributed by atoms with van der Waals surface area (Å²) >= 11 is 0. The van der Waals surface area contributed by atoms with E-state index < -0.39 is 0 Å². The lowest BCUT2D eigenvalue weighted by atomic mass is 9.90. The topological polar surface area (TPSA) is 65.4 Å². The van der Waals surface area contributed by atoms with Crippen LogP contribution < -0.4 is 0 Å². The molecule has 0 aliphatic carbocycles. The van der Waals surface area contributed by atoms with E-state index in [2.05, 4.69) is 21.3 Å². The minimum absolute atomic E-state index is 0.0491. The van der Waals surface area contributed by atoms with Crippen molar-refractivity contribution in [3.8, 4) is 6.07 Å². The summed E-state index contributed by atoms with van der Waals surface area (Å²) in [6.07, 6.45) is 1.57. The Morgan fingerprint density at radius 3 is 2.50 bits per heavy atom. The van der Waals surface area contributed by atoms with E-state index in [1.54, 1.807) is 12.4 Å². The number of aromatic amines is 1. The Kier molecular flexibility index (Phi) is 3.25. The highest BCUT2D eigenvalue weighted by atomic mass is 15.2. The standard InChI is InChI=1S/C16H12N4/c17-10-12-5-4-8-14(9-12)15(16-18-11-19-20-16)13-6-2-1-3-7-13/h1-9,11,15H,(H,18,19,20). The van der Waals surface area contributed by atoms with Crippen LogP contribution in [-0.2, 0) is 0 Å². The second-order valence-corrected chi connectivity index (χ2v) is 4.46. The Bertz CT molecular complexity index is 727. The number of nitrogens with one attached hydrogen (secondary N) is 1. The third-order valence-electron chi connectivity index (χ3n) is 3.19. The highest BCUT2D eigenvalue weighted by Crippen LogP contribution is 2.29. The molecule has 3 rings (SSSR count). The van der Waals surface area contributed by atoms with Gasteiger partial charge in [0.2, 0.25) is 0 Å². The number of rotatable bonds is 3. The summed E-state index contributed by atoms with van der Waals surface area (Å²) in [6, 6.07) is 19.8. The lowest BCUT2D eigenvalue weighted by molar-refractivity contribution is 0.862. The smallest absolute Gasteiger partial charge is 0.142 e. The zero-order chi connectivity index (χ0) is 13.8. The molecule has 0 aliphatic heterocycles. The van der Waals surface area contributed by atoms with Crippen LogP contribution in [0.4, 0.5) is 0 Å². The summed E-state index contributed by atoms with van der Waals surface area (Å²) in [4.78, 5) is 3.07. The van der Waals surface area contributed by atoms with Gasteiger partial charge in [-0.2, -0.15) is 5.26 Å². The number of H-pyrrole nitrogens is 1. The molecule has 0 saturated heterocycles. The summed E-state index contributed by atoms with van der Waals surface area (Å²) in [5.41, 5.74) is 2.77. The van der Waals surface area contributed by atoms with E-state index in [4.69, 9.17) is 5.26 Å². The van der Waals surface area contributed by atoms with Gasteiger partial charge in [-0.3, -0.25) is 0 Å². The van der Waals surface area contributed by atoms with Gasteiger partial charge in [0.15, 0.2) is 0 Å². The lowest BCUT2D eigenvalue weighted by Gasteiger charge is -2.15. The molecular formula is C16H12N4. The SMILES string of the molecule is N#Cc1cccc(C(c2ccccc2)c2nnc[nH]2)c1. The van der Waals surface area contributed by atoms with Gasteiger partial charge in [-0.25, -0.2) is 0 Å². The van der Waals surface area contributed by atoms with Crippen molar-refractivity contribution in [2.24, 2.45) is 0 Å². The van der Waals surface area contributed by atoms with Crippen LogP contribution in [0.1, 0.15) is 28.4 Å². The summed E-state index contributed by atoms with van der Waals surface area (Å²) in [5.74, 6) is 0.721. The number of hydrogen-bond donors (Lipinski definition) is 1. The maximum absolute atomic E-state index is 9.06. The fourth-order valence-electron chi connectivity index (χ4n) is 2.30. The highest BCUT2D eigenvalue weighted by molar-refractivity contribution is 5.42. The first-order chi connectivity index (χ1) is 9.88.